The number of thiazole rings is 1. The van der Waals surface area contributed by atoms with Crippen LogP contribution in [-0.2, 0) is 11.8 Å². The van der Waals surface area contributed by atoms with Crippen molar-refractivity contribution < 1.29 is 0 Å². The maximum atomic E-state index is 4.74. The van der Waals surface area contributed by atoms with E-state index in [0.717, 1.165) is 6.42 Å². The zero-order valence-corrected chi connectivity index (χ0v) is 19.4. The molecule has 0 saturated heterocycles. The third-order valence-electron chi connectivity index (χ3n) is 4.88. The van der Waals surface area contributed by atoms with Crippen LogP contribution >= 0.6 is 11.3 Å². The first-order chi connectivity index (χ1) is 12.5. The number of benzene rings is 1. The van der Waals surface area contributed by atoms with Gasteiger partial charge in [-0.1, -0.05) is 74.4 Å². The molecule has 1 aliphatic rings. The van der Waals surface area contributed by atoms with Gasteiger partial charge in [-0.05, 0) is 34.4 Å². The van der Waals surface area contributed by atoms with Crippen LogP contribution < -0.4 is 0 Å². The number of fused-ring (bicyclic) bond motifs is 1. The molecular formula is C24H36N2S. The summed E-state index contributed by atoms with van der Waals surface area (Å²) in [5, 5.41) is 3.42. The number of hydrogen-bond donors (Lipinski definition) is 0. The monoisotopic (exact) mass is 384 g/mol. The van der Waals surface area contributed by atoms with Gasteiger partial charge in [0.15, 0.2) is 0 Å². The predicted molar refractivity (Wildman–Crippen MR) is 121 cm³/mol. The van der Waals surface area contributed by atoms with Gasteiger partial charge in [0, 0.05) is 23.4 Å². The fourth-order valence-corrected chi connectivity index (χ4v) is 3.83. The van der Waals surface area contributed by atoms with Crippen molar-refractivity contribution in [2.24, 2.45) is 10.9 Å². The van der Waals surface area contributed by atoms with E-state index in [1.807, 2.05) is 0 Å². The fraction of sp³-hybridized carbons (Fsp3) is 0.583. The van der Waals surface area contributed by atoms with Crippen LogP contribution in [0.25, 0.3) is 0 Å². The minimum absolute atomic E-state index is 0.213. The van der Waals surface area contributed by atoms with Crippen LogP contribution in [0, 0.1) is 5.92 Å². The van der Waals surface area contributed by atoms with Crippen molar-refractivity contribution in [2.75, 3.05) is 0 Å². The van der Waals surface area contributed by atoms with Gasteiger partial charge in [0.25, 0.3) is 0 Å². The molecule has 0 amide bonds. The zero-order chi connectivity index (χ0) is 20.4. The third kappa shape index (κ3) is 5.75. The summed E-state index contributed by atoms with van der Waals surface area (Å²) in [6.07, 6.45) is 1.04. The van der Waals surface area contributed by atoms with E-state index in [4.69, 9.17) is 4.99 Å². The largest absolute Gasteiger partial charge is 0.257 e. The lowest BCUT2D eigenvalue weighted by Crippen LogP contribution is -2.10. The zero-order valence-electron chi connectivity index (χ0n) is 18.6. The molecule has 2 nitrogen and oxygen atoms in total. The highest BCUT2D eigenvalue weighted by atomic mass is 32.1. The highest BCUT2D eigenvalue weighted by Crippen LogP contribution is 2.33. The SMILES string of the molecule is CC(C)C1=Nc2cc(C(C)(C)C)ccc2C1.CC(C)c1csc(C(C)C)n1. The number of aromatic nitrogens is 1. The van der Waals surface area contributed by atoms with Gasteiger partial charge >= 0.3 is 0 Å². The smallest absolute Gasteiger partial charge is 0.0953 e. The Balaban J connectivity index is 0.000000208. The molecule has 0 radical (unpaired) electrons. The van der Waals surface area contributed by atoms with Gasteiger partial charge in [0.05, 0.1) is 16.4 Å². The average molecular weight is 385 g/mol. The van der Waals surface area contributed by atoms with Gasteiger partial charge in [-0.25, -0.2) is 4.98 Å². The van der Waals surface area contributed by atoms with E-state index in [1.54, 1.807) is 11.3 Å². The summed E-state index contributed by atoms with van der Waals surface area (Å²) in [5.74, 6) is 1.71. The van der Waals surface area contributed by atoms with Crippen molar-refractivity contribution in [2.45, 2.75) is 86.0 Å². The minimum atomic E-state index is 0.213. The van der Waals surface area contributed by atoms with Crippen molar-refractivity contribution in [3.05, 3.63) is 45.4 Å². The number of aliphatic imine (C=N–C) groups is 1. The van der Waals surface area contributed by atoms with Crippen LogP contribution in [0.1, 0.15) is 96.0 Å². The molecule has 2 aromatic rings. The molecule has 0 spiro atoms. The first-order valence-corrected chi connectivity index (χ1v) is 11.0. The average Bonchev–Trinajstić information content (AvgIpc) is 3.21. The second-order valence-corrected chi connectivity index (χ2v) is 10.3. The van der Waals surface area contributed by atoms with E-state index < -0.39 is 0 Å². The molecule has 3 rings (SSSR count). The number of rotatable bonds is 3. The fourth-order valence-electron chi connectivity index (χ4n) is 2.84. The molecule has 0 N–H and O–H groups in total. The quantitative estimate of drug-likeness (QED) is 0.533. The summed E-state index contributed by atoms with van der Waals surface area (Å²) >= 11 is 1.77. The second-order valence-electron chi connectivity index (χ2n) is 9.45. The molecule has 148 valence electrons. The lowest BCUT2D eigenvalue weighted by molar-refractivity contribution is 0.590. The topological polar surface area (TPSA) is 25.2 Å². The first kappa shape index (κ1) is 21.8. The Morgan fingerprint density at radius 2 is 1.59 bits per heavy atom. The maximum Gasteiger partial charge on any atom is 0.0953 e. The summed E-state index contributed by atoms with van der Waals surface area (Å²) in [6.45, 7) is 19.9. The molecule has 1 aliphatic heterocycles. The highest BCUT2D eigenvalue weighted by Gasteiger charge is 2.20. The standard InChI is InChI=1S/C15H21N.C9H15NS/c1-10(2)13-8-11-6-7-12(15(3,4)5)9-14(11)16-13;1-6(2)8-5-11-9(10-8)7(3)4/h6-7,9-10H,8H2,1-5H3;5-7H,1-4H3. The van der Waals surface area contributed by atoms with Crippen molar-refractivity contribution in [3.8, 4) is 0 Å². The van der Waals surface area contributed by atoms with Crippen LogP contribution in [0.4, 0.5) is 5.69 Å². The second kappa shape index (κ2) is 8.68. The van der Waals surface area contributed by atoms with Gasteiger partial charge in [-0.3, -0.25) is 4.99 Å². The Kier molecular flexibility index (Phi) is 7.02. The van der Waals surface area contributed by atoms with Crippen LogP contribution in [0.2, 0.25) is 0 Å². The summed E-state index contributed by atoms with van der Waals surface area (Å²) in [6, 6.07) is 6.75. The van der Waals surface area contributed by atoms with Crippen molar-refractivity contribution in [1.82, 2.24) is 4.98 Å². The van der Waals surface area contributed by atoms with Gasteiger partial charge in [-0.2, -0.15) is 0 Å². The summed E-state index contributed by atoms with van der Waals surface area (Å²) in [7, 11) is 0. The van der Waals surface area contributed by atoms with E-state index in [2.05, 4.69) is 90.9 Å². The summed E-state index contributed by atoms with van der Waals surface area (Å²) in [4.78, 5) is 9.27. The Bertz CT molecular complexity index is 766. The number of nitrogens with zero attached hydrogens (tertiary/aromatic N) is 2. The Morgan fingerprint density at radius 1 is 0.926 bits per heavy atom. The third-order valence-corrected chi connectivity index (χ3v) is 6.04. The van der Waals surface area contributed by atoms with E-state index >= 15 is 0 Å². The first-order valence-electron chi connectivity index (χ1n) is 10.1. The Labute approximate surface area is 170 Å². The van der Waals surface area contributed by atoms with Crippen molar-refractivity contribution in [3.63, 3.8) is 0 Å². The lowest BCUT2D eigenvalue weighted by atomic mass is 9.86. The predicted octanol–water partition coefficient (Wildman–Crippen LogP) is 7.66. The molecule has 1 aromatic heterocycles. The van der Waals surface area contributed by atoms with Gasteiger partial charge in [0.2, 0.25) is 0 Å². The minimum Gasteiger partial charge on any atom is -0.257 e. The van der Waals surface area contributed by atoms with Crippen LogP contribution in [0.15, 0.2) is 28.6 Å². The lowest BCUT2D eigenvalue weighted by Gasteiger charge is -2.19. The van der Waals surface area contributed by atoms with E-state index in [1.165, 1.54) is 33.2 Å². The molecule has 27 heavy (non-hydrogen) atoms. The molecule has 0 atom stereocenters. The molecular weight excluding hydrogens is 348 g/mol. The summed E-state index contributed by atoms with van der Waals surface area (Å²) < 4.78 is 0. The van der Waals surface area contributed by atoms with Crippen molar-refractivity contribution >= 4 is 22.7 Å². The van der Waals surface area contributed by atoms with Crippen LogP contribution in [0.5, 0.6) is 0 Å². The van der Waals surface area contributed by atoms with E-state index in [-0.39, 0.29) is 5.41 Å². The van der Waals surface area contributed by atoms with E-state index in [0.29, 0.717) is 17.8 Å². The molecule has 0 bridgehead atoms. The van der Waals surface area contributed by atoms with Crippen molar-refractivity contribution in [1.29, 1.82) is 0 Å². The molecule has 1 aromatic carbocycles. The van der Waals surface area contributed by atoms with Gasteiger partial charge in [-0.15, -0.1) is 11.3 Å². The normalized spacial score (nSPS) is 13.7. The number of hydrogen-bond acceptors (Lipinski definition) is 3. The highest BCUT2D eigenvalue weighted by molar-refractivity contribution is 7.09. The molecule has 0 saturated carbocycles. The summed E-state index contributed by atoms with van der Waals surface area (Å²) in [5.41, 5.74) is 6.72. The maximum absolute atomic E-state index is 4.74. The molecule has 0 unspecified atom stereocenters. The van der Waals surface area contributed by atoms with Gasteiger partial charge in [0.1, 0.15) is 0 Å². The van der Waals surface area contributed by atoms with E-state index in [9.17, 15) is 0 Å². The molecule has 2 heterocycles. The Morgan fingerprint density at radius 3 is 2.04 bits per heavy atom. The van der Waals surface area contributed by atoms with Crippen LogP contribution in [-0.4, -0.2) is 10.7 Å². The Hall–Kier alpha value is -1.48. The molecule has 0 aliphatic carbocycles. The van der Waals surface area contributed by atoms with Crippen LogP contribution in [0.3, 0.4) is 0 Å². The van der Waals surface area contributed by atoms with Gasteiger partial charge < -0.3 is 0 Å². The molecule has 3 heteroatoms. The molecule has 0 fully saturated rings.